The molecule has 0 aliphatic carbocycles. The molecule has 1 aromatic heterocycles. The fraction of sp³-hybridized carbons (Fsp3) is 0.179. The third kappa shape index (κ3) is 4.33. The Morgan fingerprint density at radius 1 is 1.10 bits per heavy atom. The molecule has 0 unspecified atom stereocenters. The molecule has 1 amide bonds. The first-order valence-electron chi connectivity index (χ1n) is 12.1. The second kappa shape index (κ2) is 9.60. The van der Waals surface area contributed by atoms with Gasteiger partial charge in [-0.2, -0.15) is 9.67 Å². The van der Waals surface area contributed by atoms with Crippen LogP contribution in [0.25, 0.3) is 22.0 Å². The molecule has 0 radical (unpaired) electrons. The van der Waals surface area contributed by atoms with Crippen LogP contribution in [0, 0.1) is 0 Å². The molecule has 2 aliphatic rings. The Labute approximate surface area is 222 Å². The fourth-order valence-corrected chi connectivity index (χ4v) is 4.74. The van der Waals surface area contributed by atoms with Crippen molar-refractivity contribution in [2.24, 2.45) is 5.10 Å². The van der Waals surface area contributed by atoms with Crippen LogP contribution in [0.3, 0.4) is 0 Å². The van der Waals surface area contributed by atoms with E-state index in [1.807, 2.05) is 24.4 Å². The molecule has 3 aromatic carbocycles. The van der Waals surface area contributed by atoms with Gasteiger partial charge in [-0.05, 0) is 47.3 Å². The van der Waals surface area contributed by atoms with E-state index in [1.54, 1.807) is 6.07 Å². The monoisotopic (exact) mass is 530 g/mol. The summed E-state index contributed by atoms with van der Waals surface area (Å²) >= 11 is 0. The Kier molecular flexibility index (Phi) is 5.95. The van der Waals surface area contributed by atoms with Gasteiger partial charge in [0.15, 0.2) is 53.8 Å². The third-order valence-electron chi connectivity index (χ3n) is 6.70. The minimum absolute atomic E-state index is 0.106. The summed E-state index contributed by atoms with van der Waals surface area (Å²) in [5.41, 5.74) is 5.72. The van der Waals surface area contributed by atoms with Crippen molar-refractivity contribution in [2.75, 3.05) is 20.5 Å². The molecule has 0 saturated heterocycles. The molecule has 0 bridgehead atoms. The summed E-state index contributed by atoms with van der Waals surface area (Å²) < 4.78 is 24.7. The number of ether oxygens (including phenoxy) is 4. The highest BCUT2D eigenvalue weighted by Crippen LogP contribution is 2.42. The zero-order valence-corrected chi connectivity index (χ0v) is 20.8. The maximum Gasteiger partial charge on any atom is 0.277 e. The van der Waals surface area contributed by atoms with Crippen LogP contribution in [-0.2, 0) is 17.8 Å². The van der Waals surface area contributed by atoms with Gasteiger partial charge in [0.05, 0.1) is 24.3 Å². The number of methoxy groups -OCH3 is 1. The number of pyridine rings is 1. The van der Waals surface area contributed by atoms with Crippen molar-refractivity contribution in [1.82, 2.24) is 5.43 Å². The standard InChI is InChI=1S/C28H23N3O8/c1-36-22-5-3-15-8-20-18-10-24-23(38-14-39-24)9-16(18)6-7-31(20)12-19(15)28(22)37-13-25(33)30-29-11-17-2-4-21(32)27(35)26(17)34/h2-5,8-12H,6-7,13-14H2,1H3,(H3-,29,30,32,33,34,35)/p+1. The highest BCUT2D eigenvalue weighted by Gasteiger charge is 2.28. The van der Waals surface area contributed by atoms with Crippen molar-refractivity contribution in [3.63, 3.8) is 0 Å². The Balaban J connectivity index is 1.24. The third-order valence-corrected chi connectivity index (χ3v) is 6.70. The average molecular weight is 531 g/mol. The Hall–Kier alpha value is -5.19. The lowest BCUT2D eigenvalue weighted by molar-refractivity contribution is -0.686. The first kappa shape index (κ1) is 24.2. The highest BCUT2D eigenvalue weighted by atomic mass is 16.7. The lowest BCUT2D eigenvalue weighted by atomic mass is 9.95. The SMILES string of the molecule is COc1ccc2cc3[n+](cc2c1OCC(=O)N/N=C/c1ccc(O)c(O)c1O)CCc1cc2c(cc1-3)OCO2. The van der Waals surface area contributed by atoms with Crippen LogP contribution in [0.4, 0.5) is 0 Å². The number of aryl methyl sites for hydroxylation is 2. The van der Waals surface area contributed by atoms with Gasteiger partial charge in [0, 0.05) is 18.1 Å². The molecule has 0 spiro atoms. The van der Waals surface area contributed by atoms with Gasteiger partial charge in [-0.15, -0.1) is 0 Å². The summed E-state index contributed by atoms with van der Waals surface area (Å²) in [6.45, 7) is 0.620. The first-order chi connectivity index (χ1) is 18.9. The molecule has 6 rings (SSSR count). The molecule has 0 fully saturated rings. The van der Waals surface area contributed by atoms with Gasteiger partial charge in [0.1, 0.15) is 0 Å². The number of aromatic hydroxyl groups is 3. The average Bonchev–Trinajstić information content (AvgIpc) is 3.41. The van der Waals surface area contributed by atoms with Crippen molar-refractivity contribution in [2.45, 2.75) is 13.0 Å². The highest BCUT2D eigenvalue weighted by molar-refractivity contribution is 5.92. The Bertz CT molecular complexity index is 1670. The number of amides is 1. The minimum Gasteiger partial charge on any atom is -0.504 e. The maximum atomic E-state index is 12.4. The number of nitrogens with one attached hydrogen (secondary N) is 1. The van der Waals surface area contributed by atoms with Crippen LogP contribution in [-0.4, -0.2) is 48.0 Å². The molecule has 11 nitrogen and oxygen atoms in total. The van der Waals surface area contributed by atoms with E-state index in [0.29, 0.717) is 11.5 Å². The van der Waals surface area contributed by atoms with Gasteiger partial charge in [0.25, 0.3) is 5.91 Å². The second-order valence-electron chi connectivity index (χ2n) is 9.02. The molecule has 198 valence electrons. The summed E-state index contributed by atoms with van der Waals surface area (Å²) in [6, 6.07) is 12.4. The summed E-state index contributed by atoms with van der Waals surface area (Å²) in [5.74, 6) is 0.136. The summed E-state index contributed by atoms with van der Waals surface area (Å²) in [7, 11) is 1.53. The van der Waals surface area contributed by atoms with Gasteiger partial charge in [-0.1, -0.05) is 0 Å². The molecule has 0 atom stereocenters. The number of benzene rings is 3. The molecular formula is C28H24N3O8+. The van der Waals surface area contributed by atoms with Crippen LogP contribution in [0.1, 0.15) is 11.1 Å². The molecule has 4 aromatic rings. The minimum atomic E-state index is -0.675. The number of phenolic OH excluding ortho intramolecular Hbond substituents is 3. The number of carbonyl (C=O) groups is 1. The van der Waals surface area contributed by atoms with Crippen LogP contribution in [0.15, 0.2) is 53.8 Å². The molecule has 39 heavy (non-hydrogen) atoms. The summed E-state index contributed by atoms with van der Waals surface area (Å²) in [4.78, 5) is 12.4. The predicted molar refractivity (Wildman–Crippen MR) is 139 cm³/mol. The van der Waals surface area contributed by atoms with Crippen LogP contribution < -0.4 is 28.9 Å². The molecule has 11 heteroatoms. The van der Waals surface area contributed by atoms with Crippen molar-refractivity contribution in [3.8, 4) is 51.5 Å². The number of aromatic nitrogens is 1. The lowest BCUT2D eigenvalue weighted by Crippen LogP contribution is -2.40. The topological polar surface area (TPSA) is 143 Å². The predicted octanol–water partition coefficient (Wildman–Crippen LogP) is 2.73. The maximum absolute atomic E-state index is 12.4. The number of carbonyl (C=O) groups excluding carboxylic acids is 1. The molecule has 4 N–H and O–H groups in total. The molecular weight excluding hydrogens is 506 g/mol. The zero-order chi connectivity index (χ0) is 27.1. The molecule has 0 saturated carbocycles. The number of hydrazone groups is 1. The van der Waals surface area contributed by atoms with E-state index in [9.17, 15) is 20.1 Å². The Morgan fingerprint density at radius 3 is 2.74 bits per heavy atom. The van der Waals surface area contributed by atoms with Gasteiger partial charge in [-0.3, -0.25) is 4.79 Å². The van der Waals surface area contributed by atoms with E-state index in [1.165, 1.54) is 24.8 Å². The number of phenols is 3. The van der Waals surface area contributed by atoms with E-state index in [4.69, 9.17) is 18.9 Å². The van der Waals surface area contributed by atoms with Gasteiger partial charge in [0.2, 0.25) is 18.2 Å². The number of fused-ring (bicyclic) bond motifs is 5. The summed E-state index contributed by atoms with van der Waals surface area (Å²) in [5, 5.41) is 34.4. The second-order valence-corrected chi connectivity index (χ2v) is 9.02. The summed E-state index contributed by atoms with van der Waals surface area (Å²) in [6.07, 6.45) is 3.95. The van der Waals surface area contributed by atoms with Crippen molar-refractivity contribution < 1.29 is 43.6 Å². The normalized spacial score (nSPS) is 13.3. The van der Waals surface area contributed by atoms with E-state index in [0.717, 1.165) is 52.7 Å². The molecule has 2 aliphatic heterocycles. The number of rotatable bonds is 6. The largest absolute Gasteiger partial charge is 0.504 e. The van der Waals surface area contributed by atoms with Crippen molar-refractivity contribution in [1.29, 1.82) is 0 Å². The van der Waals surface area contributed by atoms with Crippen LogP contribution >= 0.6 is 0 Å². The molecule has 3 heterocycles. The van der Waals surface area contributed by atoms with E-state index >= 15 is 0 Å². The van der Waals surface area contributed by atoms with Gasteiger partial charge in [-0.25, -0.2) is 5.43 Å². The number of nitrogens with zero attached hydrogens (tertiary/aromatic N) is 2. The van der Waals surface area contributed by atoms with E-state index in [-0.39, 0.29) is 19.0 Å². The zero-order valence-electron chi connectivity index (χ0n) is 20.8. The smallest absolute Gasteiger partial charge is 0.277 e. The fourth-order valence-electron chi connectivity index (χ4n) is 4.74. The van der Waals surface area contributed by atoms with Crippen molar-refractivity contribution in [3.05, 3.63) is 59.8 Å². The lowest BCUT2D eigenvalue weighted by Gasteiger charge is -2.17. The van der Waals surface area contributed by atoms with E-state index < -0.39 is 23.2 Å². The van der Waals surface area contributed by atoms with Crippen molar-refractivity contribution >= 4 is 22.9 Å². The van der Waals surface area contributed by atoms with Gasteiger partial charge >= 0.3 is 0 Å². The quantitative estimate of drug-likeness (QED) is 0.129. The number of hydrogen-bond acceptors (Lipinski definition) is 9. The van der Waals surface area contributed by atoms with Crippen LogP contribution in [0.5, 0.6) is 40.2 Å². The van der Waals surface area contributed by atoms with E-state index in [2.05, 4.69) is 21.2 Å². The van der Waals surface area contributed by atoms with Gasteiger partial charge < -0.3 is 34.3 Å². The first-order valence-corrected chi connectivity index (χ1v) is 12.1. The number of hydrogen-bond donors (Lipinski definition) is 4. The van der Waals surface area contributed by atoms with Crippen LogP contribution in [0.2, 0.25) is 0 Å². The Morgan fingerprint density at radius 2 is 1.92 bits per heavy atom.